The molecule has 0 saturated heterocycles. The summed E-state index contributed by atoms with van der Waals surface area (Å²) < 4.78 is 12.0. The van der Waals surface area contributed by atoms with E-state index in [0.29, 0.717) is 31.3 Å². The highest BCUT2D eigenvalue weighted by Gasteiger charge is 2.12. The molecular weight excluding hydrogens is 340 g/mol. The molecule has 0 aliphatic rings. The van der Waals surface area contributed by atoms with E-state index in [1.165, 1.54) is 4.79 Å². The minimum absolute atomic E-state index is 0.199. The SMILES string of the molecule is CCOc1cc(CNn2nnnc2N)cc(Br)c1OCC. The predicted molar refractivity (Wildman–Crippen MR) is 81.8 cm³/mol. The molecule has 2 rings (SSSR count). The van der Waals surface area contributed by atoms with E-state index in [1.807, 2.05) is 26.0 Å². The smallest absolute Gasteiger partial charge is 0.260 e. The van der Waals surface area contributed by atoms with Crippen molar-refractivity contribution in [2.75, 3.05) is 24.4 Å². The van der Waals surface area contributed by atoms with Crippen molar-refractivity contribution < 1.29 is 9.47 Å². The Hall–Kier alpha value is -2.03. The van der Waals surface area contributed by atoms with Crippen LogP contribution in [0.15, 0.2) is 16.6 Å². The van der Waals surface area contributed by atoms with Crippen LogP contribution in [0.2, 0.25) is 0 Å². The highest BCUT2D eigenvalue weighted by molar-refractivity contribution is 9.10. The summed E-state index contributed by atoms with van der Waals surface area (Å²) in [4.78, 5) is 1.31. The van der Waals surface area contributed by atoms with Gasteiger partial charge in [-0.15, -0.1) is 4.79 Å². The maximum atomic E-state index is 5.62. The summed E-state index contributed by atoms with van der Waals surface area (Å²) in [5.41, 5.74) is 9.56. The zero-order valence-electron chi connectivity index (χ0n) is 11.8. The largest absolute Gasteiger partial charge is 0.490 e. The summed E-state index contributed by atoms with van der Waals surface area (Å²) in [6.45, 7) is 5.47. The summed E-state index contributed by atoms with van der Waals surface area (Å²) in [5, 5.41) is 10.8. The maximum Gasteiger partial charge on any atom is 0.260 e. The number of halogens is 1. The standard InChI is InChI=1S/C12H17BrN6O2/c1-3-20-10-6-8(5-9(13)11(10)21-4-2)7-15-19-12(14)16-17-18-19/h5-6,15H,3-4,7H2,1-2H3,(H2,14,16,18). The molecule has 0 unspecified atom stereocenters. The zero-order valence-corrected chi connectivity index (χ0v) is 13.4. The lowest BCUT2D eigenvalue weighted by Gasteiger charge is -2.15. The van der Waals surface area contributed by atoms with Gasteiger partial charge in [0, 0.05) is 0 Å². The van der Waals surface area contributed by atoms with Gasteiger partial charge >= 0.3 is 0 Å². The molecule has 114 valence electrons. The number of nitrogens with two attached hydrogens (primary N) is 1. The van der Waals surface area contributed by atoms with Gasteiger partial charge in [0.25, 0.3) is 5.95 Å². The first kappa shape index (κ1) is 15.4. The van der Waals surface area contributed by atoms with Gasteiger partial charge in [-0.05, 0) is 57.9 Å². The van der Waals surface area contributed by atoms with Crippen LogP contribution in [0.25, 0.3) is 0 Å². The summed E-state index contributed by atoms with van der Waals surface area (Å²) >= 11 is 3.50. The molecule has 0 fully saturated rings. The molecule has 1 aromatic carbocycles. The van der Waals surface area contributed by atoms with Crippen LogP contribution in [0, 0.1) is 0 Å². The van der Waals surface area contributed by atoms with Crippen LogP contribution < -0.4 is 20.6 Å². The molecule has 1 heterocycles. The van der Waals surface area contributed by atoms with Gasteiger partial charge in [0.05, 0.1) is 24.2 Å². The normalized spacial score (nSPS) is 10.4. The van der Waals surface area contributed by atoms with Crippen molar-refractivity contribution in [3.8, 4) is 11.5 Å². The zero-order chi connectivity index (χ0) is 15.2. The third-order valence-electron chi connectivity index (χ3n) is 2.58. The van der Waals surface area contributed by atoms with Gasteiger partial charge < -0.3 is 20.6 Å². The Kier molecular flexibility index (Phi) is 5.20. The molecule has 0 atom stereocenters. The molecule has 0 saturated carbocycles. The number of anilines is 1. The minimum Gasteiger partial charge on any atom is -0.490 e. The van der Waals surface area contributed by atoms with Crippen molar-refractivity contribution in [3.05, 3.63) is 22.2 Å². The van der Waals surface area contributed by atoms with Crippen molar-refractivity contribution in [1.82, 2.24) is 20.3 Å². The van der Waals surface area contributed by atoms with Crippen molar-refractivity contribution in [3.63, 3.8) is 0 Å². The highest BCUT2D eigenvalue weighted by Crippen LogP contribution is 2.36. The molecule has 21 heavy (non-hydrogen) atoms. The Morgan fingerprint density at radius 3 is 2.67 bits per heavy atom. The fourth-order valence-electron chi connectivity index (χ4n) is 1.74. The predicted octanol–water partition coefficient (Wildman–Crippen LogP) is 1.56. The molecule has 0 aliphatic heterocycles. The third kappa shape index (κ3) is 3.75. The van der Waals surface area contributed by atoms with Crippen LogP contribution >= 0.6 is 15.9 Å². The summed E-state index contributed by atoms with van der Waals surface area (Å²) in [7, 11) is 0. The van der Waals surface area contributed by atoms with E-state index in [-0.39, 0.29) is 5.95 Å². The van der Waals surface area contributed by atoms with Crippen LogP contribution in [0.3, 0.4) is 0 Å². The Labute approximate surface area is 130 Å². The second-order valence-corrected chi connectivity index (χ2v) is 4.91. The quantitative estimate of drug-likeness (QED) is 0.776. The number of tetrazole rings is 1. The molecule has 9 heteroatoms. The van der Waals surface area contributed by atoms with Crippen molar-refractivity contribution in [1.29, 1.82) is 0 Å². The van der Waals surface area contributed by atoms with E-state index in [2.05, 4.69) is 36.9 Å². The third-order valence-corrected chi connectivity index (χ3v) is 3.17. The lowest BCUT2D eigenvalue weighted by Crippen LogP contribution is -2.18. The number of nitrogens with one attached hydrogen (secondary N) is 1. The highest BCUT2D eigenvalue weighted by atomic mass is 79.9. The molecule has 0 amide bonds. The van der Waals surface area contributed by atoms with Gasteiger partial charge in [-0.1, -0.05) is 5.10 Å². The van der Waals surface area contributed by atoms with Crippen LogP contribution in [0.4, 0.5) is 5.95 Å². The monoisotopic (exact) mass is 356 g/mol. The number of hydrogen-bond donors (Lipinski definition) is 2. The number of nitrogens with zero attached hydrogens (tertiary/aromatic N) is 4. The molecule has 0 radical (unpaired) electrons. The first-order valence-electron chi connectivity index (χ1n) is 6.51. The van der Waals surface area contributed by atoms with Crippen molar-refractivity contribution in [2.24, 2.45) is 0 Å². The van der Waals surface area contributed by atoms with Gasteiger partial charge in [-0.2, -0.15) is 0 Å². The average molecular weight is 357 g/mol. The second-order valence-electron chi connectivity index (χ2n) is 4.05. The van der Waals surface area contributed by atoms with E-state index in [1.54, 1.807) is 0 Å². The molecule has 3 N–H and O–H groups in total. The number of hydrogen-bond acceptors (Lipinski definition) is 7. The van der Waals surface area contributed by atoms with E-state index >= 15 is 0 Å². The molecule has 0 bridgehead atoms. The Morgan fingerprint density at radius 2 is 2.05 bits per heavy atom. The van der Waals surface area contributed by atoms with Crippen molar-refractivity contribution >= 4 is 21.9 Å². The Morgan fingerprint density at radius 1 is 1.29 bits per heavy atom. The van der Waals surface area contributed by atoms with Gasteiger partial charge in [0.2, 0.25) is 0 Å². The lowest BCUT2D eigenvalue weighted by molar-refractivity contribution is 0.286. The second kappa shape index (κ2) is 7.11. The van der Waals surface area contributed by atoms with Crippen LogP contribution in [-0.4, -0.2) is 33.5 Å². The molecule has 8 nitrogen and oxygen atoms in total. The van der Waals surface area contributed by atoms with Gasteiger partial charge in [-0.3, -0.25) is 0 Å². The van der Waals surface area contributed by atoms with Crippen LogP contribution in [0.1, 0.15) is 19.4 Å². The first-order valence-corrected chi connectivity index (χ1v) is 7.30. The van der Waals surface area contributed by atoms with E-state index in [9.17, 15) is 0 Å². The maximum absolute atomic E-state index is 5.62. The Balaban J connectivity index is 2.18. The average Bonchev–Trinajstić information content (AvgIpc) is 2.86. The molecule has 2 aromatic rings. The van der Waals surface area contributed by atoms with E-state index in [4.69, 9.17) is 15.2 Å². The Bertz CT molecular complexity index is 603. The fraction of sp³-hybridized carbons (Fsp3) is 0.417. The number of nitrogen functional groups attached to an aromatic ring is 1. The lowest BCUT2D eigenvalue weighted by atomic mass is 10.2. The first-order chi connectivity index (χ1) is 10.2. The van der Waals surface area contributed by atoms with Gasteiger partial charge in [-0.25, -0.2) is 0 Å². The molecular formula is C12H17BrN6O2. The molecule has 0 aliphatic carbocycles. The summed E-state index contributed by atoms with van der Waals surface area (Å²) in [5.74, 6) is 1.59. The van der Waals surface area contributed by atoms with Gasteiger partial charge in [0.15, 0.2) is 11.5 Å². The number of ether oxygens (including phenoxy) is 2. The van der Waals surface area contributed by atoms with Crippen molar-refractivity contribution in [2.45, 2.75) is 20.4 Å². The number of aromatic nitrogens is 4. The van der Waals surface area contributed by atoms with Crippen LogP contribution in [-0.2, 0) is 6.54 Å². The molecule has 1 aromatic heterocycles. The van der Waals surface area contributed by atoms with Crippen LogP contribution in [0.5, 0.6) is 11.5 Å². The topological polar surface area (TPSA) is 100 Å². The van der Waals surface area contributed by atoms with Gasteiger partial charge in [0.1, 0.15) is 0 Å². The minimum atomic E-state index is 0.199. The summed E-state index contributed by atoms with van der Waals surface area (Å²) in [6, 6.07) is 3.86. The number of rotatable bonds is 7. The van der Waals surface area contributed by atoms with E-state index in [0.717, 1.165) is 10.0 Å². The summed E-state index contributed by atoms with van der Waals surface area (Å²) in [6.07, 6.45) is 0. The number of benzene rings is 1. The van der Waals surface area contributed by atoms with E-state index < -0.39 is 0 Å². The fourth-order valence-corrected chi connectivity index (χ4v) is 2.35. The molecule has 0 spiro atoms.